The van der Waals surface area contributed by atoms with Crippen LogP contribution in [0.4, 0.5) is 5.82 Å². The number of carbonyl (C=O) groups is 1. The molecule has 3 heterocycles. The molecule has 114 valence electrons. The minimum Gasteiger partial charge on any atom is -0.381 e. The number of anilines is 1. The molecule has 0 bridgehead atoms. The zero-order valence-corrected chi connectivity index (χ0v) is 12.3. The van der Waals surface area contributed by atoms with Gasteiger partial charge in [0, 0.05) is 58.2 Å². The van der Waals surface area contributed by atoms with Crippen molar-refractivity contribution in [3.05, 3.63) is 18.6 Å². The summed E-state index contributed by atoms with van der Waals surface area (Å²) in [5, 5.41) is 0. The van der Waals surface area contributed by atoms with E-state index in [1.165, 1.54) is 0 Å². The zero-order chi connectivity index (χ0) is 14.5. The summed E-state index contributed by atoms with van der Waals surface area (Å²) in [6, 6.07) is 0. The van der Waals surface area contributed by atoms with Gasteiger partial charge in [0.05, 0.1) is 6.20 Å². The average Bonchev–Trinajstić information content (AvgIpc) is 2.57. The first-order valence-electron chi connectivity index (χ1n) is 7.69. The van der Waals surface area contributed by atoms with E-state index in [1.54, 1.807) is 18.6 Å². The minimum atomic E-state index is 0.268. The zero-order valence-electron chi connectivity index (χ0n) is 12.3. The Balaban J connectivity index is 1.47. The predicted molar refractivity (Wildman–Crippen MR) is 79.0 cm³/mol. The Morgan fingerprint density at radius 3 is 2.81 bits per heavy atom. The third-order valence-corrected chi connectivity index (χ3v) is 4.22. The molecule has 2 aliphatic heterocycles. The van der Waals surface area contributed by atoms with Gasteiger partial charge in [0.25, 0.3) is 0 Å². The number of amides is 1. The van der Waals surface area contributed by atoms with Gasteiger partial charge in [-0.15, -0.1) is 0 Å². The van der Waals surface area contributed by atoms with Crippen LogP contribution in [-0.2, 0) is 9.53 Å². The van der Waals surface area contributed by atoms with Crippen molar-refractivity contribution < 1.29 is 9.53 Å². The molecule has 0 spiro atoms. The molecule has 0 unspecified atom stereocenters. The van der Waals surface area contributed by atoms with Gasteiger partial charge in [-0.05, 0) is 18.8 Å². The Bertz CT molecular complexity index is 454. The first kappa shape index (κ1) is 14.3. The van der Waals surface area contributed by atoms with E-state index in [2.05, 4.69) is 14.9 Å². The summed E-state index contributed by atoms with van der Waals surface area (Å²) >= 11 is 0. The van der Waals surface area contributed by atoms with Gasteiger partial charge in [-0.1, -0.05) is 0 Å². The van der Waals surface area contributed by atoms with E-state index in [-0.39, 0.29) is 5.91 Å². The molecule has 1 amide bonds. The monoisotopic (exact) mass is 290 g/mol. The summed E-state index contributed by atoms with van der Waals surface area (Å²) in [5.41, 5.74) is 0. The van der Waals surface area contributed by atoms with E-state index < -0.39 is 0 Å². The van der Waals surface area contributed by atoms with E-state index in [1.807, 2.05) is 4.90 Å². The lowest BCUT2D eigenvalue weighted by atomic mass is 9.98. The smallest absolute Gasteiger partial charge is 0.223 e. The molecule has 0 saturated carbocycles. The van der Waals surface area contributed by atoms with E-state index in [9.17, 15) is 4.79 Å². The number of rotatable bonds is 3. The molecule has 1 aromatic rings. The maximum atomic E-state index is 12.3. The van der Waals surface area contributed by atoms with Crippen LogP contribution >= 0.6 is 0 Å². The van der Waals surface area contributed by atoms with Crippen molar-refractivity contribution in [1.82, 2.24) is 14.9 Å². The molecular weight excluding hydrogens is 268 g/mol. The van der Waals surface area contributed by atoms with Crippen LogP contribution in [0.5, 0.6) is 0 Å². The fourth-order valence-corrected chi connectivity index (χ4v) is 2.98. The lowest BCUT2D eigenvalue weighted by Crippen LogP contribution is -2.49. The van der Waals surface area contributed by atoms with Crippen molar-refractivity contribution in [2.24, 2.45) is 5.92 Å². The van der Waals surface area contributed by atoms with E-state index in [4.69, 9.17) is 4.74 Å². The Labute approximate surface area is 125 Å². The fraction of sp³-hybridized carbons (Fsp3) is 0.667. The van der Waals surface area contributed by atoms with Gasteiger partial charge >= 0.3 is 0 Å². The van der Waals surface area contributed by atoms with Crippen LogP contribution in [0, 0.1) is 5.92 Å². The lowest BCUT2D eigenvalue weighted by molar-refractivity contribution is -0.133. The molecule has 1 atom stereocenters. The highest BCUT2D eigenvalue weighted by Gasteiger charge is 2.25. The Morgan fingerprint density at radius 2 is 2.14 bits per heavy atom. The quantitative estimate of drug-likeness (QED) is 0.829. The van der Waals surface area contributed by atoms with Crippen LogP contribution in [0.25, 0.3) is 0 Å². The fourth-order valence-electron chi connectivity index (χ4n) is 2.98. The van der Waals surface area contributed by atoms with E-state index >= 15 is 0 Å². The van der Waals surface area contributed by atoms with Crippen molar-refractivity contribution in [3.8, 4) is 0 Å². The molecule has 6 nitrogen and oxygen atoms in total. The van der Waals surface area contributed by atoms with Crippen LogP contribution in [0.2, 0.25) is 0 Å². The molecule has 2 saturated heterocycles. The van der Waals surface area contributed by atoms with Crippen LogP contribution in [0.1, 0.15) is 19.3 Å². The second-order valence-corrected chi connectivity index (χ2v) is 5.72. The maximum Gasteiger partial charge on any atom is 0.223 e. The highest BCUT2D eigenvalue weighted by molar-refractivity contribution is 5.76. The molecular formula is C15H22N4O2. The number of hydrogen-bond donors (Lipinski definition) is 0. The van der Waals surface area contributed by atoms with Gasteiger partial charge in [0.2, 0.25) is 5.91 Å². The van der Waals surface area contributed by atoms with Gasteiger partial charge in [-0.2, -0.15) is 0 Å². The standard InChI is InChI=1S/C15H22N4O2/c20-15(10-13-2-1-9-21-12-13)19-7-5-18(6-8-19)14-11-16-3-4-17-14/h3-4,11,13H,1-2,5-10,12H2/t13-/m0/s1. The molecule has 0 aliphatic carbocycles. The van der Waals surface area contributed by atoms with Gasteiger partial charge in [0.1, 0.15) is 5.82 Å². The van der Waals surface area contributed by atoms with Crippen LogP contribution < -0.4 is 4.90 Å². The summed E-state index contributed by atoms with van der Waals surface area (Å²) in [6.45, 7) is 4.77. The molecule has 0 N–H and O–H groups in total. The summed E-state index contributed by atoms with van der Waals surface area (Å²) < 4.78 is 5.45. The second kappa shape index (κ2) is 6.85. The van der Waals surface area contributed by atoms with E-state index in [0.29, 0.717) is 12.3 Å². The predicted octanol–water partition coefficient (Wildman–Crippen LogP) is 0.942. The topological polar surface area (TPSA) is 58.6 Å². The second-order valence-electron chi connectivity index (χ2n) is 5.72. The Kier molecular flexibility index (Phi) is 4.65. The normalized spacial score (nSPS) is 23.1. The number of ether oxygens (including phenoxy) is 1. The lowest BCUT2D eigenvalue weighted by Gasteiger charge is -2.36. The van der Waals surface area contributed by atoms with Crippen molar-refractivity contribution >= 4 is 11.7 Å². The van der Waals surface area contributed by atoms with Gasteiger partial charge < -0.3 is 14.5 Å². The summed E-state index contributed by atoms with van der Waals surface area (Å²) in [6.07, 6.45) is 7.98. The van der Waals surface area contributed by atoms with Crippen molar-refractivity contribution in [1.29, 1.82) is 0 Å². The summed E-state index contributed by atoms with van der Waals surface area (Å²) in [5.74, 6) is 1.57. The maximum absolute atomic E-state index is 12.3. The highest BCUT2D eigenvalue weighted by atomic mass is 16.5. The number of nitrogens with zero attached hydrogens (tertiary/aromatic N) is 4. The van der Waals surface area contributed by atoms with Gasteiger partial charge in [-0.3, -0.25) is 9.78 Å². The van der Waals surface area contributed by atoms with Crippen molar-refractivity contribution in [2.45, 2.75) is 19.3 Å². The minimum absolute atomic E-state index is 0.268. The molecule has 3 rings (SSSR count). The largest absolute Gasteiger partial charge is 0.381 e. The average molecular weight is 290 g/mol. The third-order valence-electron chi connectivity index (χ3n) is 4.22. The molecule has 0 aromatic carbocycles. The summed E-state index contributed by atoms with van der Waals surface area (Å²) in [7, 11) is 0. The number of piperazine rings is 1. The van der Waals surface area contributed by atoms with Crippen LogP contribution in [0.15, 0.2) is 18.6 Å². The third kappa shape index (κ3) is 3.69. The summed E-state index contributed by atoms with van der Waals surface area (Å²) in [4.78, 5) is 24.9. The molecule has 2 aliphatic rings. The number of hydrogen-bond acceptors (Lipinski definition) is 5. The highest BCUT2D eigenvalue weighted by Crippen LogP contribution is 2.19. The molecule has 21 heavy (non-hydrogen) atoms. The van der Waals surface area contributed by atoms with E-state index in [0.717, 1.165) is 58.1 Å². The van der Waals surface area contributed by atoms with Gasteiger partial charge in [0.15, 0.2) is 0 Å². The molecule has 0 radical (unpaired) electrons. The SMILES string of the molecule is O=C(C[C@@H]1CCCOC1)N1CCN(c2cnccn2)CC1. The first-order valence-corrected chi connectivity index (χ1v) is 7.69. The number of aromatic nitrogens is 2. The molecule has 1 aromatic heterocycles. The number of carbonyl (C=O) groups excluding carboxylic acids is 1. The first-order chi connectivity index (χ1) is 10.3. The van der Waals surface area contributed by atoms with Crippen LogP contribution in [0.3, 0.4) is 0 Å². The van der Waals surface area contributed by atoms with Crippen LogP contribution in [-0.4, -0.2) is 60.2 Å². The van der Waals surface area contributed by atoms with Crippen molar-refractivity contribution in [2.75, 3.05) is 44.3 Å². The van der Waals surface area contributed by atoms with Gasteiger partial charge in [-0.25, -0.2) is 4.98 Å². The van der Waals surface area contributed by atoms with Crippen molar-refractivity contribution in [3.63, 3.8) is 0 Å². The Hall–Kier alpha value is -1.69. The Morgan fingerprint density at radius 1 is 1.29 bits per heavy atom. The molecule has 2 fully saturated rings. The molecule has 6 heteroatoms.